The van der Waals surface area contributed by atoms with E-state index in [1.807, 2.05) is 0 Å². The highest BCUT2D eigenvalue weighted by Gasteiger charge is 2.32. The maximum absolute atomic E-state index is 13.8. The fraction of sp³-hybridized carbons (Fsp3) is 0.385. The van der Waals surface area contributed by atoms with Crippen LogP contribution in [-0.4, -0.2) is 24.4 Å². The van der Waals surface area contributed by atoms with Gasteiger partial charge in [0.2, 0.25) is 11.7 Å². The normalized spacial score (nSPS) is 11.5. The molecule has 1 aromatic heterocycles. The minimum absolute atomic E-state index is 0.0312. The van der Waals surface area contributed by atoms with Gasteiger partial charge in [0.15, 0.2) is 11.5 Å². The molecule has 2 rings (SSSR count). The highest BCUT2D eigenvalue weighted by Crippen LogP contribution is 2.43. The van der Waals surface area contributed by atoms with Gasteiger partial charge in [-0.2, -0.15) is 4.98 Å². The third kappa shape index (κ3) is 2.94. The van der Waals surface area contributed by atoms with E-state index in [0.717, 1.165) is 6.92 Å². The van der Waals surface area contributed by atoms with Gasteiger partial charge in [-0.05, 0) is 12.1 Å². The molecule has 0 bridgehead atoms. The Balaban J connectivity index is 2.62. The summed E-state index contributed by atoms with van der Waals surface area (Å²) >= 11 is 0. The molecule has 1 heterocycles. The van der Waals surface area contributed by atoms with Crippen molar-refractivity contribution < 1.29 is 22.8 Å². The second-order valence-electron chi connectivity index (χ2n) is 4.36. The molecule has 0 amide bonds. The molecule has 0 atom stereocenters. The first-order chi connectivity index (χ1) is 9.90. The van der Waals surface area contributed by atoms with Crippen LogP contribution in [0.15, 0.2) is 16.7 Å². The molecule has 0 saturated carbocycles. The van der Waals surface area contributed by atoms with Crippen molar-refractivity contribution in [2.24, 2.45) is 5.73 Å². The molecule has 2 aromatic rings. The summed E-state index contributed by atoms with van der Waals surface area (Å²) in [5.74, 6) is -2.62. The van der Waals surface area contributed by atoms with Gasteiger partial charge in [-0.1, -0.05) is 5.16 Å². The first-order valence-corrected chi connectivity index (χ1v) is 6.08. The summed E-state index contributed by atoms with van der Waals surface area (Å²) in [6, 6.07) is 2.74. The number of benzene rings is 1. The zero-order valence-electron chi connectivity index (χ0n) is 11.8. The minimum atomic E-state index is -3.12. The highest BCUT2D eigenvalue weighted by atomic mass is 19.3. The van der Waals surface area contributed by atoms with E-state index in [0.29, 0.717) is 5.56 Å². The van der Waals surface area contributed by atoms with Crippen LogP contribution in [0.25, 0.3) is 11.4 Å². The summed E-state index contributed by atoms with van der Waals surface area (Å²) in [4.78, 5) is 4.01. The van der Waals surface area contributed by atoms with Gasteiger partial charge in [0, 0.05) is 12.5 Å². The zero-order valence-corrected chi connectivity index (χ0v) is 11.8. The fourth-order valence-electron chi connectivity index (χ4n) is 1.87. The lowest BCUT2D eigenvalue weighted by Gasteiger charge is -2.18. The molecule has 6 nitrogen and oxygen atoms in total. The predicted octanol–water partition coefficient (Wildman–Crippen LogP) is 2.32. The van der Waals surface area contributed by atoms with Crippen molar-refractivity contribution in [3.8, 4) is 22.9 Å². The smallest absolute Gasteiger partial charge is 0.274 e. The fourth-order valence-corrected chi connectivity index (χ4v) is 1.87. The van der Waals surface area contributed by atoms with Crippen molar-refractivity contribution in [1.29, 1.82) is 0 Å². The standard InChI is InChI=1S/C13H15F2N3O3/c1-13(14,15)8-4-7(5-9(19-2)11(8)20-3)12-17-10(6-16)21-18-12/h4-5H,6,16H2,1-3H3. The molecule has 0 fully saturated rings. The Bertz CT molecular complexity index is 638. The Morgan fingerprint density at radius 1 is 1.29 bits per heavy atom. The quantitative estimate of drug-likeness (QED) is 0.912. The van der Waals surface area contributed by atoms with Crippen molar-refractivity contribution in [1.82, 2.24) is 10.1 Å². The van der Waals surface area contributed by atoms with E-state index in [9.17, 15) is 8.78 Å². The lowest BCUT2D eigenvalue weighted by atomic mass is 10.0. The van der Waals surface area contributed by atoms with E-state index < -0.39 is 5.92 Å². The van der Waals surface area contributed by atoms with Gasteiger partial charge in [0.25, 0.3) is 5.92 Å². The molecule has 2 N–H and O–H groups in total. The Kier molecular flexibility index (Phi) is 4.08. The van der Waals surface area contributed by atoms with Crippen LogP contribution in [0, 0.1) is 0 Å². The third-order valence-corrected chi connectivity index (χ3v) is 2.85. The third-order valence-electron chi connectivity index (χ3n) is 2.85. The highest BCUT2D eigenvalue weighted by molar-refractivity contribution is 5.64. The van der Waals surface area contributed by atoms with Crippen molar-refractivity contribution >= 4 is 0 Å². The number of methoxy groups -OCH3 is 2. The SMILES string of the molecule is COc1cc(-c2noc(CN)n2)cc(C(C)(F)F)c1OC. The van der Waals surface area contributed by atoms with Crippen molar-refractivity contribution in [2.75, 3.05) is 14.2 Å². The lowest BCUT2D eigenvalue weighted by molar-refractivity contribution is 0.0148. The molecule has 0 aliphatic carbocycles. The summed E-state index contributed by atoms with van der Waals surface area (Å²) in [7, 11) is 2.66. The lowest BCUT2D eigenvalue weighted by Crippen LogP contribution is -2.10. The molecule has 114 valence electrons. The summed E-state index contributed by atoms with van der Waals surface area (Å²) in [5.41, 5.74) is 5.39. The minimum Gasteiger partial charge on any atom is -0.493 e. The van der Waals surface area contributed by atoms with E-state index in [4.69, 9.17) is 19.7 Å². The number of aromatic nitrogens is 2. The van der Waals surface area contributed by atoms with Gasteiger partial charge in [0.05, 0.1) is 26.3 Å². The number of hydrogen-bond donors (Lipinski definition) is 1. The molecule has 0 unspecified atom stereocenters. The van der Waals surface area contributed by atoms with Gasteiger partial charge >= 0.3 is 0 Å². The Morgan fingerprint density at radius 2 is 2.00 bits per heavy atom. The molecular formula is C13H15F2N3O3. The molecule has 0 radical (unpaired) electrons. The van der Waals surface area contributed by atoms with Gasteiger partial charge in [-0.25, -0.2) is 8.78 Å². The van der Waals surface area contributed by atoms with Crippen LogP contribution in [0.5, 0.6) is 11.5 Å². The monoisotopic (exact) mass is 299 g/mol. The van der Waals surface area contributed by atoms with Crippen LogP contribution in [0.4, 0.5) is 8.78 Å². The van der Waals surface area contributed by atoms with E-state index in [2.05, 4.69) is 10.1 Å². The molecule has 0 spiro atoms. The Hall–Kier alpha value is -2.22. The van der Waals surface area contributed by atoms with Crippen LogP contribution in [0.3, 0.4) is 0 Å². The van der Waals surface area contributed by atoms with Crippen LogP contribution in [-0.2, 0) is 12.5 Å². The van der Waals surface area contributed by atoms with E-state index in [1.54, 1.807) is 0 Å². The van der Waals surface area contributed by atoms with E-state index in [-0.39, 0.29) is 35.3 Å². The Labute approximate surface area is 119 Å². The first-order valence-electron chi connectivity index (χ1n) is 6.08. The molecule has 21 heavy (non-hydrogen) atoms. The second kappa shape index (κ2) is 5.65. The van der Waals surface area contributed by atoms with Gasteiger partial charge < -0.3 is 19.7 Å². The van der Waals surface area contributed by atoms with E-state index >= 15 is 0 Å². The maximum atomic E-state index is 13.8. The van der Waals surface area contributed by atoms with Gasteiger partial charge in [-0.15, -0.1) is 0 Å². The van der Waals surface area contributed by atoms with E-state index in [1.165, 1.54) is 26.4 Å². The van der Waals surface area contributed by atoms with Crippen LogP contribution >= 0.6 is 0 Å². The summed E-state index contributed by atoms with van der Waals surface area (Å²) < 4.78 is 42.5. The molecule has 0 saturated heterocycles. The van der Waals surface area contributed by atoms with Crippen molar-refractivity contribution in [3.05, 3.63) is 23.6 Å². The van der Waals surface area contributed by atoms with Crippen LogP contribution < -0.4 is 15.2 Å². The zero-order chi connectivity index (χ0) is 15.6. The molecule has 1 aromatic carbocycles. The average molecular weight is 299 g/mol. The molecule has 8 heteroatoms. The molecule has 0 aliphatic rings. The maximum Gasteiger partial charge on any atom is 0.274 e. The number of nitrogens with two attached hydrogens (primary N) is 1. The number of alkyl halides is 2. The summed E-state index contributed by atoms with van der Waals surface area (Å²) in [5, 5.41) is 3.70. The Morgan fingerprint density at radius 3 is 2.48 bits per heavy atom. The predicted molar refractivity (Wildman–Crippen MR) is 70.3 cm³/mol. The topological polar surface area (TPSA) is 83.4 Å². The first kappa shape index (κ1) is 15.2. The number of nitrogens with zero attached hydrogens (tertiary/aromatic N) is 2. The van der Waals surface area contributed by atoms with Gasteiger partial charge in [0.1, 0.15) is 0 Å². The number of rotatable bonds is 5. The van der Waals surface area contributed by atoms with Crippen molar-refractivity contribution in [2.45, 2.75) is 19.4 Å². The van der Waals surface area contributed by atoms with Crippen molar-refractivity contribution in [3.63, 3.8) is 0 Å². The number of hydrogen-bond acceptors (Lipinski definition) is 6. The van der Waals surface area contributed by atoms with Gasteiger partial charge in [-0.3, -0.25) is 0 Å². The molecular weight excluding hydrogens is 284 g/mol. The second-order valence-corrected chi connectivity index (χ2v) is 4.36. The summed E-state index contributed by atoms with van der Waals surface area (Å²) in [6.07, 6.45) is 0. The number of ether oxygens (including phenoxy) is 2. The largest absolute Gasteiger partial charge is 0.493 e. The summed E-state index contributed by atoms with van der Waals surface area (Å²) in [6.45, 7) is 0.840. The number of halogens is 2. The van der Waals surface area contributed by atoms with Crippen LogP contribution in [0.1, 0.15) is 18.4 Å². The van der Waals surface area contributed by atoms with Crippen LogP contribution in [0.2, 0.25) is 0 Å². The molecule has 0 aliphatic heterocycles. The average Bonchev–Trinajstić information content (AvgIpc) is 2.93.